The van der Waals surface area contributed by atoms with Gasteiger partial charge in [-0.05, 0) is 120 Å². The Morgan fingerprint density at radius 1 is 0.738 bits per heavy atom. The summed E-state index contributed by atoms with van der Waals surface area (Å²) in [5.41, 5.74) is -5.26. The van der Waals surface area contributed by atoms with Crippen LogP contribution in [0.2, 0.25) is 0 Å². The fourth-order valence-electron chi connectivity index (χ4n) is 10.3. The van der Waals surface area contributed by atoms with Crippen LogP contribution in [0, 0.1) is 59.2 Å². The third-order valence-electron chi connectivity index (χ3n) is 12.0. The van der Waals surface area contributed by atoms with E-state index in [9.17, 15) is 36.2 Å². The Balaban J connectivity index is 1.14. The first-order valence-corrected chi connectivity index (χ1v) is 15.7. The molecule has 4 aliphatic carbocycles. The van der Waals surface area contributed by atoms with Gasteiger partial charge < -0.3 is 19.3 Å². The van der Waals surface area contributed by atoms with Crippen molar-refractivity contribution in [2.24, 2.45) is 59.2 Å². The van der Waals surface area contributed by atoms with E-state index in [1.807, 2.05) is 27.7 Å². The van der Waals surface area contributed by atoms with Crippen LogP contribution in [-0.2, 0) is 19.0 Å². The molecule has 11 heteroatoms. The van der Waals surface area contributed by atoms with Gasteiger partial charge in [0.2, 0.25) is 0 Å². The largest absolute Gasteiger partial charge is 0.460 e. The van der Waals surface area contributed by atoms with Crippen molar-refractivity contribution in [3.8, 4) is 0 Å². The summed E-state index contributed by atoms with van der Waals surface area (Å²) in [6.45, 7) is 9.76. The van der Waals surface area contributed by atoms with Crippen LogP contribution in [0.3, 0.4) is 0 Å². The second-order valence-corrected chi connectivity index (χ2v) is 15.6. The number of hydrogen-bond acceptors (Lipinski definition) is 5. The van der Waals surface area contributed by atoms with Crippen molar-refractivity contribution >= 4 is 5.97 Å². The average molecular weight is 611 g/mol. The van der Waals surface area contributed by atoms with E-state index in [1.165, 1.54) is 0 Å². The number of carbonyl (C=O) groups is 1. The lowest BCUT2D eigenvalue weighted by Gasteiger charge is -2.52. The molecule has 0 radical (unpaired) electrons. The van der Waals surface area contributed by atoms with Crippen LogP contribution in [0.1, 0.15) is 79.6 Å². The van der Waals surface area contributed by atoms with E-state index >= 15 is 0 Å². The molecule has 6 rings (SSSR count). The van der Waals surface area contributed by atoms with Gasteiger partial charge in [0.25, 0.3) is 5.60 Å². The number of alkyl halides is 6. The Bertz CT molecular complexity index is 1040. The van der Waals surface area contributed by atoms with Gasteiger partial charge in [0.05, 0.1) is 30.3 Å². The lowest BCUT2D eigenvalue weighted by Crippen LogP contribution is -2.59. The molecule has 14 atom stereocenters. The van der Waals surface area contributed by atoms with Crippen molar-refractivity contribution in [2.45, 2.75) is 128 Å². The van der Waals surface area contributed by atoms with Crippen molar-refractivity contribution in [1.29, 1.82) is 0 Å². The van der Waals surface area contributed by atoms with Crippen LogP contribution in [0.5, 0.6) is 0 Å². The molecule has 4 saturated carbocycles. The SMILES string of the molecule is CC1CC2C3CC(CC(O)(C(F)(F)F)C(F)(F)F)C(C3)C2OC1C1CC2C3CC(C(=O)OC(C)(C)C)C(C3)C2OC1C. The lowest BCUT2D eigenvalue weighted by molar-refractivity contribution is -0.374. The monoisotopic (exact) mass is 610 g/mol. The van der Waals surface area contributed by atoms with Crippen molar-refractivity contribution in [1.82, 2.24) is 0 Å². The quantitative estimate of drug-likeness (QED) is 0.283. The van der Waals surface area contributed by atoms with Crippen LogP contribution in [0.25, 0.3) is 0 Å². The first-order chi connectivity index (χ1) is 19.3. The summed E-state index contributed by atoms with van der Waals surface area (Å²) < 4.78 is 100. The topological polar surface area (TPSA) is 65.0 Å². The Labute approximate surface area is 243 Å². The molecule has 6 aliphatic rings. The highest BCUT2D eigenvalue weighted by Gasteiger charge is 2.72. The highest BCUT2D eigenvalue weighted by Crippen LogP contribution is 2.63. The predicted octanol–water partition coefficient (Wildman–Crippen LogP) is 6.71. The molecule has 0 aromatic carbocycles. The molecule has 1 N–H and O–H groups in total. The van der Waals surface area contributed by atoms with Gasteiger partial charge in [-0.3, -0.25) is 4.79 Å². The highest BCUT2D eigenvalue weighted by atomic mass is 19.4. The van der Waals surface area contributed by atoms with Crippen molar-refractivity contribution < 1.29 is 50.5 Å². The van der Waals surface area contributed by atoms with Gasteiger partial charge in [-0.2, -0.15) is 26.3 Å². The normalized spacial score (nSPS) is 47.0. The number of esters is 1. The molecule has 0 spiro atoms. The third kappa shape index (κ3) is 4.90. The number of aliphatic hydroxyl groups is 1. The van der Waals surface area contributed by atoms with E-state index in [2.05, 4.69) is 6.92 Å². The molecular formula is C31H44F6O5. The molecule has 0 aromatic heterocycles. The molecule has 14 unspecified atom stereocenters. The maximum absolute atomic E-state index is 13.5. The van der Waals surface area contributed by atoms with E-state index in [1.54, 1.807) is 0 Å². The molecule has 2 aliphatic heterocycles. The Hall–Kier alpha value is -1.07. The van der Waals surface area contributed by atoms with Crippen LogP contribution in [-0.4, -0.2) is 59.0 Å². The fourth-order valence-corrected chi connectivity index (χ4v) is 10.3. The Morgan fingerprint density at radius 3 is 1.93 bits per heavy atom. The minimum Gasteiger partial charge on any atom is -0.460 e. The van der Waals surface area contributed by atoms with Gasteiger partial charge in [-0.1, -0.05) is 6.92 Å². The van der Waals surface area contributed by atoms with Crippen molar-refractivity contribution in [3.05, 3.63) is 0 Å². The molecule has 2 saturated heterocycles. The molecule has 0 aromatic rings. The van der Waals surface area contributed by atoms with E-state index < -0.39 is 47.9 Å². The zero-order chi connectivity index (χ0) is 30.7. The van der Waals surface area contributed by atoms with E-state index in [4.69, 9.17) is 14.2 Å². The van der Waals surface area contributed by atoms with E-state index in [0.717, 1.165) is 25.7 Å². The highest BCUT2D eigenvalue weighted by molar-refractivity contribution is 5.74. The van der Waals surface area contributed by atoms with Crippen LogP contribution < -0.4 is 0 Å². The molecule has 2 heterocycles. The summed E-state index contributed by atoms with van der Waals surface area (Å²) in [4.78, 5) is 12.9. The van der Waals surface area contributed by atoms with Gasteiger partial charge in [0.1, 0.15) is 5.60 Å². The zero-order valence-corrected chi connectivity index (χ0v) is 24.9. The van der Waals surface area contributed by atoms with Crippen molar-refractivity contribution in [3.63, 3.8) is 0 Å². The summed E-state index contributed by atoms with van der Waals surface area (Å²) in [5.74, 6) is -0.509. The van der Waals surface area contributed by atoms with Gasteiger partial charge in [-0.15, -0.1) is 0 Å². The minimum absolute atomic E-state index is 0.0129. The molecule has 240 valence electrons. The summed E-state index contributed by atoms with van der Waals surface area (Å²) in [6.07, 6.45) is -9.53. The Kier molecular flexibility index (Phi) is 7.34. The summed E-state index contributed by atoms with van der Waals surface area (Å²) in [6, 6.07) is 0. The predicted molar refractivity (Wildman–Crippen MR) is 139 cm³/mol. The van der Waals surface area contributed by atoms with Gasteiger partial charge in [-0.25, -0.2) is 0 Å². The molecule has 5 nitrogen and oxygen atoms in total. The first kappa shape index (κ1) is 30.9. The summed E-state index contributed by atoms with van der Waals surface area (Å²) >= 11 is 0. The third-order valence-corrected chi connectivity index (χ3v) is 12.0. The van der Waals surface area contributed by atoms with Crippen LogP contribution >= 0.6 is 0 Å². The number of rotatable bonds is 4. The van der Waals surface area contributed by atoms with Gasteiger partial charge >= 0.3 is 18.3 Å². The molecule has 4 bridgehead atoms. The fraction of sp³-hybridized carbons (Fsp3) is 0.968. The van der Waals surface area contributed by atoms with E-state index in [0.29, 0.717) is 18.3 Å². The van der Waals surface area contributed by atoms with Gasteiger partial charge in [0.15, 0.2) is 0 Å². The smallest absolute Gasteiger partial charge is 0.426 e. The molecule has 0 amide bonds. The zero-order valence-electron chi connectivity index (χ0n) is 24.9. The standard InChI is InChI=1S/C31H44F6O5/c1-13-6-19-15-7-17(12-29(39,30(32,33)34)31(35,36)37)20(8-15)25(19)41-24(13)18-11-21-16-9-22(26(21)40-14(18)2)23(10-16)27(38)42-28(3,4)5/h13-26,39H,6-12H2,1-5H3. The summed E-state index contributed by atoms with van der Waals surface area (Å²) in [7, 11) is 0. The average Bonchev–Trinajstić information content (AvgIpc) is 3.60. The second-order valence-electron chi connectivity index (χ2n) is 15.6. The second kappa shape index (κ2) is 9.96. The molecule has 42 heavy (non-hydrogen) atoms. The van der Waals surface area contributed by atoms with Gasteiger partial charge in [0, 0.05) is 5.92 Å². The molecule has 6 fully saturated rings. The van der Waals surface area contributed by atoms with Crippen molar-refractivity contribution in [2.75, 3.05) is 0 Å². The summed E-state index contributed by atoms with van der Waals surface area (Å²) in [5, 5.41) is 9.91. The van der Waals surface area contributed by atoms with Crippen LogP contribution in [0.15, 0.2) is 0 Å². The number of fused-ring (bicyclic) bond motifs is 10. The number of halogens is 6. The first-order valence-electron chi connectivity index (χ1n) is 15.7. The number of hydrogen-bond donors (Lipinski definition) is 1. The Morgan fingerprint density at radius 2 is 1.31 bits per heavy atom. The minimum atomic E-state index is -5.80. The molecular weight excluding hydrogens is 566 g/mol. The van der Waals surface area contributed by atoms with E-state index in [-0.39, 0.29) is 66.2 Å². The lowest BCUT2D eigenvalue weighted by atomic mass is 9.66. The van der Waals surface area contributed by atoms with Crippen LogP contribution in [0.4, 0.5) is 26.3 Å². The number of ether oxygens (including phenoxy) is 3. The number of carbonyl (C=O) groups excluding carboxylic acids is 1. The maximum atomic E-state index is 13.5. The maximum Gasteiger partial charge on any atom is 0.426 e.